The Hall–Kier alpha value is -2.33. The number of carbonyl (C=O) groups is 1. The Morgan fingerprint density at radius 1 is 1.41 bits per heavy atom. The Kier molecular flexibility index (Phi) is 3.85. The summed E-state index contributed by atoms with van der Waals surface area (Å²) in [5, 5.41) is 20.0. The zero-order valence-corrected chi connectivity index (χ0v) is 9.82. The molecule has 0 aliphatic heterocycles. The van der Waals surface area contributed by atoms with Gasteiger partial charge in [0.05, 0.1) is 17.6 Å². The van der Waals surface area contributed by atoms with E-state index in [-0.39, 0.29) is 12.3 Å². The zero-order chi connectivity index (χ0) is 12.9. The number of nitrogens with one attached hydrogen (secondary N) is 1. The third-order valence-corrected chi connectivity index (χ3v) is 2.39. The SMILES string of the molecule is CC(C)(C#N)c1cccc(NC(=O)CC#N)c1. The first-order valence-electron chi connectivity index (χ1n) is 5.18. The number of amides is 1. The number of benzene rings is 1. The van der Waals surface area contributed by atoms with Gasteiger partial charge in [-0.25, -0.2) is 0 Å². The van der Waals surface area contributed by atoms with E-state index >= 15 is 0 Å². The van der Waals surface area contributed by atoms with Crippen molar-refractivity contribution < 1.29 is 4.79 Å². The molecular formula is C13H13N3O. The summed E-state index contributed by atoms with van der Waals surface area (Å²) in [6.07, 6.45) is -0.175. The molecule has 0 bridgehead atoms. The second-order valence-corrected chi connectivity index (χ2v) is 4.20. The van der Waals surface area contributed by atoms with Gasteiger partial charge in [-0.05, 0) is 31.5 Å². The zero-order valence-electron chi connectivity index (χ0n) is 9.82. The lowest BCUT2D eigenvalue weighted by molar-refractivity contribution is -0.115. The van der Waals surface area contributed by atoms with Crippen molar-refractivity contribution in [3.63, 3.8) is 0 Å². The van der Waals surface area contributed by atoms with Gasteiger partial charge in [0.1, 0.15) is 6.42 Å². The van der Waals surface area contributed by atoms with Gasteiger partial charge in [0.2, 0.25) is 5.91 Å². The fraction of sp³-hybridized carbons (Fsp3) is 0.308. The Morgan fingerprint density at radius 2 is 2.12 bits per heavy atom. The Balaban J connectivity index is 2.92. The van der Waals surface area contributed by atoms with Crippen molar-refractivity contribution in [3.05, 3.63) is 29.8 Å². The molecule has 4 nitrogen and oxygen atoms in total. The third kappa shape index (κ3) is 3.32. The molecule has 0 spiro atoms. The molecule has 17 heavy (non-hydrogen) atoms. The van der Waals surface area contributed by atoms with Crippen LogP contribution >= 0.6 is 0 Å². The standard InChI is InChI=1S/C13H13N3O/c1-13(2,9-15)10-4-3-5-11(8-10)16-12(17)6-7-14/h3-5,8H,6H2,1-2H3,(H,16,17). The number of anilines is 1. The van der Waals surface area contributed by atoms with Crippen molar-refractivity contribution >= 4 is 11.6 Å². The van der Waals surface area contributed by atoms with E-state index in [9.17, 15) is 4.79 Å². The van der Waals surface area contributed by atoms with E-state index in [2.05, 4.69) is 11.4 Å². The van der Waals surface area contributed by atoms with Crippen molar-refractivity contribution in [2.75, 3.05) is 5.32 Å². The molecule has 1 N–H and O–H groups in total. The molecule has 1 aromatic carbocycles. The second kappa shape index (κ2) is 5.14. The minimum Gasteiger partial charge on any atom is -0.325 e. The van der Waals surface area contributed by atoms with Crippen molar-refractivity contribution in [3.8, 4) is 12.1 Å². The number of carbonyl (C=O) groups excluding carboxylic acids is 1. The monoisotopic (exact) mass is 227 g/mol. The minimum atomic E-state index is -0.601. The lowest BCUT2D eigenvalue weighted by Crippen LogP contribution is -2.15. The van der Waals surface area contributed by atoms with E-state index in [1.54, 1.807) is 24.3 Å². The van der Waals surface area contributed by atoms with Crippen LogP contribution in [0.2, 0.25) is 0 Å². The normalized spacial score (nSPS) is 10.1. The van der Waals surface area contributed by atoms with Crippen LogP contribution < -0.4 is 5.32 Å². The summed E-state index contributed by atoms with van der Waals surface area (Å²) in [5.74, 6) is -0.348. The van der Waals surface area contributed by atoms with Gasteiger partial charge in [-0.2, -0.15) is 10.5 Å². The molecule has 0 saturated heterocycles. The number of nitrogens with zero attached hydrogens (tertiary/aromatic N) is 2. The summed E-state index contributed by atoms with van der Waals surface area (Å²) in [4.78, 5) is 11.2. The van der Waals surface area contributed by atoms with Crippen LogP contribution in [0.15, 0.2) is 24.3 Å². The largest absolute Gasteiger partial charge is 0.325 e. The summed E-state index contributed by atoms with van der Waals surface area (Å²) in [5.41, 5.74) is 0.830. The first-order valence-corrected chi connectivity index (χ1v) is 5.18. The maximum absolute atomic E-state index is 11.2. The molecule has 0 aromatic heterocycles. The van der Waals surface area contributed by atoms with Crippen LogP contribution in [0.25, 0.3) is 0 Å². The van der Waals surface area contributed by atoms with Crippen LogP contribution in [-0.4, -0.2) is 5.91 Å². The van der Waals surface area contributed by atoms with Gasteiger partial charge < -0.3 is 5.32 Å². The molecular weight excluding hydrogens is 214 g/mol. The molecule has 4 heteroatoms. The second-order valence-electron chi connectivity index (χ2n) is 4.20. The average molecular weight is 227 g/mol. The lowest BCUT2D eigenvalue weighted by atomic mass is 9.86. The van der Waals surface area contributed by atoms with E-state index in [4.69, 9.17) is 10.5 Å². The molecule has 0 heterocycles. The molecule has 0 aliphatic carbocycles. The summed E-state index contributed by atoms with van der Waals surface area (Å²) in [6.45, 7) is 3.62. The quantitative estimate of drug-likeness (QED) is 0.860. The van der Waals surface area contributed by atoms with E-state index in [0.717, 1.165) is 5.56 Å². The lowest BCUT2D eigenvalue weighted by Gasteiger charge is -2.16. The van der Waals surface area contributed by atoms with E-state index in [0.29, 0.717) is 5.69 Å². The van der Waals surface area contributed by atoms with Crippen LogP contribution in [0, 0.1) is 22.7 Å². The number of rotatable bonds is 3. The Bertz CT molecular complexity index is 506. The highest BCUT2D eigenvalue weighted by atomic mass is 16.1. The number of hydrogen-bond acceptors (Lipinski definition) is 3. The molecule has 0 unspecified atom stereocenters. The maximum Gasteiger partial charge on any atom is 0.238 e. The fourth-order valence-corrected chi connectivity index (χ4v) is 1.33. The van der Waals surface area contributed by atoms with Gasteiger partial charge in [-0.15, -0.1) is 0 Å². The first-order chi connectivity index (χ1) is 7.99. The molecule has 1 rings (SSSR count). The molecule has 0 aliphatic rings. The van der Waals surface area contributed by atoms with Crippen molar-refractivity contribution in [1.29, 1.82) is 10.5 Å². The van der Waals surface area contributed by atoms with E-state index < -0.39 is 5.41 Å². The third-order valence-electron chi connectivity index (χ3n) is 2.39. The highest BCUT2D eigenvalue weighted by Gasteiger charge is 2.19. The topological polar surface area (TPSA) is 76.7 Å². The number of hydrogen-bond donors (Lipinski definition) is 1. The smallest absolute Gasteiger partial charge is 0.238 e. The summed E-state index contributed by atoms with van der Waals surface area (Å²) >= 11 is 0. The first kappa shape index (κ1) is 12.7. The van der Waals surface area contributed by atoms with Gasteiger partial charge >= 0.3 is 0 Å². The van der Waals surface area contributed by atoms with Crippen molar-refractivity contribution in [2.45, 2.75) is 25.7 Å². The highest BCUT2D eigenvalue weighted by Crippen LogP contribution is 2.24. The molecule has 0 fully saturated rings. The highest BCUT2D eigenvalue weighted by molar-refractivity contribution is 5.92. The molecule has 0 atom stereocenters. The van der Waals surface area contributed by atoms with Gasteiger partial charge in [-0.3, -0.25) is 4.79 Å². The average Bonchev–Trinajstić information content (AvgIpc) is 2.29. The van der Waals surface area contributed by atoms with Crippen molar-refractivity contribution in [1.82, 2.24) is 0 Å². The fourth-order valence-electron chi connectivity index (χ4n) is 1.33. The molecule has 0 saturated carbocycles. The maximum atomic E-state index is 11.2. The molecule has 1 amide bonds. The van der Waals surface area contributed by atoms with Gasteiger partial charge in [0.25, 0.3) is 0 Å². The number of nitriles is 2. The van der Waals surface area contributed by atoms with Crippen LogP contribution in [0.3, 0.4) is 0 Å². The molecule has 86 valence electrons. The van der Waals surface area contributed by atoms with Gasteiger partial charge in [0, 0.05) is 5.69 Å². The summed E-state index contributed by atoms with van der Waals surface area (Å²) in [7, 11) is 0. The summed E-state index contributed by atoms with van der Waals surface area (Å²) < 4.78 is 0. The molecule has 0 radical (unpaired) electrons. The predicted octanol–water partition coefficient (Wildman–Crippen LogP) is 2.34. The van der Waals surface area contributed by atoms with Gasteiger partial charge in [-0.1, -0.05) is 12.1 Å². The molecule has 1 aromatic rings. The Labute approximate surface area is 100 Å². The van der Waals surface area contributed by atoms with Crippen LogP contribution in [-0.2, 0) is 10.2 Å². The van der Waals surface area contributed by atoms with Crippen molar-refractivity contribution in [2.24, 2.45) is 0 Å². The van der Waals surface area contributed by atoms with E-state index in [1.165, 1.54) is 0 Å². The minimum absolute atomic E-state index is 0.175. The van der Waals surface area contributed by atoms with Crippen LogP contribution in [0.5, 0.6) is 0 Å². The van der Waals surface area contributed by atoms with Crippen LogP contribution in [0.4, 0.5) is 5.69 Å². The predicted molar refractivity (Wildman–Crippen MR) is 63.9 cm³/mol. The van der Waals surface area contributed by atoms with E-state index in [1.807, 2.05) is 19.9 Å². The van der Waals surface area contributed by atoms with Gasteiger partial charge in [0.15, 0.2) is 0 Å². The summed E-state index contributed by atoms with van der Waals surface area (Å²) in [6, 6.07) is 11.1. The van der Waals surface area contributed by atoms with Crippen LogP contribution in [0.1, 0.15) is 25.8 Å². The Morgan fingerprint density at radius 3 is 2.71 bits per heavy atom.